The minimum Gasteiger partial charge on any atom is -0.491 e. The van der Waals surface area contributed by atoms with Gasteiger partial charge >= 0.3 is 0 Å². The van der Waals surface area contributed by atoms with Crippen LogP contribution in [0.5, 0.6) is 5.75 Å². The van der Waals surface area contributed by atoms with E-state index in [1.165, 1.54) is 0 Å². The number of ether oxygens (including phenoxy) is 1. The van der Waals surface area contributed by atoms with Gasteiger partial charge in [-0.15, -0.1) is 0 Å². The molecule has 2 atom stereocenters. The number of likely N-dealkylation sites (tertiary alicyclic amines) is 1. The zero-order valence-corrected chi connectivity index (χ0v) is 13.1. The van der Waals surface area contributed by atoms with Gasteiger partial charge < -0.3 is 9.84 Å². The van der Waals surface area contributed by atoms with E-state index in [-0.39, 0.29) is 6.61 Å². The summed E-state index contributed by atoms with van der Waals surface area (Å²) >= 11 is 5.77. The zero-order valence-electron chi connectivity index (χ0n) is 11.5. The maximum absolute atomic E-state index is 11.3. The smallest absolute Gasteiger partial charge is 0.213 e. The highest BCUT2D eigenvalue weighted by Crippen LogP contribution is 2.17. The van der Waals surface area contributed by atoms with Crippen molar-refractivity contribution in [3.05, 3.63) is 29.3 Å². The summed E-state index contributed by atoms with van der Waals surface area (Å²) in [6, 6.07) is 6.87. The number of hydrogen-bond donors (Lipinski definition) is 2. The normalized spacial score (nSPS) is 21.4. The molecule has 0 spiro atoms. The van der Waals surface area contributed by atoms with Crippen LogP contribution in [0.25, 0.3) is 0 Å². The molecule has 0 saturated carbocycles. The molecule has 3 N–H and O–H groups in total. The minimum absolute atomic E-state index is 0.137. The number of nitrogens with two attached hydrogens (primary N) is 1. The summed E-state index contributed by atoms with van der Waals surface area (Å²) in [5.41, 5.74) is 0. The van der Waals surface area contributed by atoms with Gasteiger partial charge in [0.25, 0.3) is 0 Å². The fourth-order valence-electron chi connectivity index (χ4n) is 2.31. The van der Waals surface area contributed by atoms with Crippen LogP contribution >= 0.6 is 11.6 Å². The quantitative estimate of drug-likeness (QED) is 0.787. The van der Waals surface area contributed by atoms with Crippen LogP contribution in [0.4, 0.5) is 0 Å². The molecule has 0 radical (unpaired) electrons. The summed E-state index contributed by atoms with van der Waals surface area (Å²) < 4.78 is 28.0. The molecule has 118 valence electrons. The fourth-order valence-corrected chi connectivity index (χ4v) is 3.28. The van der Waals surface area contributed by atoms with Gasteiger partial charge in [-0.2, -0.15) is 0 Å². The summed E-state index contributed by atoms with van der Waals surface area (Å²) in [4.78, 5) is 1.88. The Bertz CT molecular complexity index is 564. The van der Waals surface area contributed by atoms with Crippen molar-refractivity contribution >= 4 is 21.6 Å². The molecule has 0 bridgehead atoms. The second-order valence-corrected chi connectivity index (χ2v) is 7.46. The fraction of sp³-hybridized carbons (Fsp3) is 0.538. The second kappa shape index (κ2) is 6.93. The highest BCUT2D eigenvalue weighted by Gasteiger charge is 2.31. The van der Waals surface area contributed by atoms with E-state index in [1.807, 2.05) is 4.90 Å². The largest absolute Gasteiger partial charge is 0.491 e. The lowest BCUT2D eigenvalue weighted by Crippen LogP contribution is -2.37. The average Bonchev–Trinajstić information content (AvgIpc) is 2.86. The molecular formula is C13H19ClN2O4S. The predicted molar refractivity (Wildman–Crippen MR) is 80.9 cm³/mol. The summed E-state index contributed by atoms with van der Waals surface area (Å²) in [7, 11) is -3.50. The summed E-state index contributed by atoms with van der Waals surface area (Å²) in [5.74, 6) is 0.627. The highest BCUT2D eigenvalue weighted by atomic mass is 35.5. The number of aliphatic hydroxyl groups is 1. The van der Waals surface area contributed by atoms with Crippen molar-refractivity contribution in [3.8, 4) is 5.75 Å². The van der Waals surface area contributed by atoms with Crippen molar-refractivity contribution in [1.82, 2.24) is 4.90 Å². The van der Waals surface area contributed by atoms with Gasteiger partial charge in [-0.05, 0) is 37.2 Å². The molecule has 0 aliphatic carbocycles. The average molecular weight is 335 g/mol. The van der Waals surface area contributed by atoms with Crippen molar-refractivity contribution in [2.45, 2.75) is 17.8 Å². The van der Waals surface area contributed by atoms with Gasteiger partial charge in [-0.1, -0.05) is 11.6 Å². The Kier molecular flexibility index (Phi) is 5.45. The molecule has 1 aromatic carbocycles. The van der Waals surface area contributed by atoms with Crippen LogP contribution in [0.3, 0.4) is 0 Å². The zero-order chi connectivity index (χ0) is 15.5. The van der Waals surface area contributed by atoms with Gasteiger partial charge in [0.1, 0.15) is 18.5 Å². The van der Waals surface area contributed by atoms with Crippen molar-refractivity contribution < 1.29 is 18.3 Å². The minimum atomic E-state index is -3.50. The number of hydrogen-bond acceptors (Lipinski definition) is 5. The third kappa shape index (κ3) is 5.12. The first kappa shape index (κ1) is 16.5. The highest BCUT2D eigenvalue weighted by molar-refractivity contribution is 7.89. The molecule has 2 rings (SSSR count). The standard InChI is InChI=1S/C13H19ClN2O4S/c14-10-1-3-12(4-2-10)20-9-11(17)7-16-6-5-13(8-16)21(15,18)19/h1-4,11,13,17H,5-9H2,(H2,15,18,19). The van der Waals surface area contributed by atoms with Crippen molar-refractivity contribution in [2.75, 3.05) is 26.2 Å². The SMILES string of the molecule is NS(=O)(=O)C1CCN(CC(O)COc2ccc(Cl)cc2)C1. The second-order valence-electron chi connectivity index (χ2n) is 5.18. The molecule has 1 saturated heterocycles. The summed E-state index contributed by atoms with van der Waals surface area (Å²) in [6.07, 6.45) is -0.191. The van der Waals surface area contributed by atoms with E-state index in [0.29, 0.717) is 36.8 Å². The molecule has 0 amide bonds. The first-order valence-electron chi connectivity index (χ1n) is 6.65. The van der Waals surface area contributed by atoms with Gasteiger partial charge in [0.2, 0.25) is 10.0 Å². The van der Waals surface area contributed by atoms with Gasteiger partial charge in [-0.3, -0.25) is 4.90 Å². The Labute approximate surface area is 129 Å². The van der Waals surface area contributed by atoms with E-state index >= 15 is 0 Å². The van der Waals surface area contributed by atoms with Crippen LogP contribution < -0.4 is 9.88 Å². The van der Waals surface area contributed by atoms with E-state index in [0.717, 1.165) is 0 Å². The maximum atomic E-state index is 11.3. The number of β-amino-alcohol motifs (C(OH)–C–C–N with tert-alkyl or cyclic N) is 1. The molecule has 1 fully saturated rings. The van der Waals surface area contributed by atoms with Gasteiger partial charge in [0.05, 0.1) is 5.25 Å². The molecule has 8 heteroatoms. The van der Waals surface area contributed by atoms with Crippen LogP contribution in [0.15, 0.2) is 24.3 Å². The van der Waals surface area contributed by atoms with Crippen LogP contribution in [0, 0.1) is 0 Å². The van der Waals surface area contributed by atoms with Gasteiger partial charge in [-0.25, -0.2) is 13.6 Å². The number of halogens is 1. The molecule has 6 nitrogen and oxygen atoms in total. The maximum Gasteiger partial charge on any atom is 0.213 e. The van der Waals surface area contributed by atoms with E-state index < -0.39 is 21.4 Å². The Balaban J connectivity index is 1.75. The lowest BCUT2D eigenvalue weighted by atomic mass is 10.3. The first-order valence-corrected chi connectivity index (χ1v) is 8.64. The van der Waals surface area contributed by atoms with E-state index in [9.17, 15) is 13.5 Å². The molecular weight excluding hydrogens is 316 g/mol. The predicted octanol–water partition coefficient (Wildman–Crippen LogP) is 0.443. The molecule has 1 aliphatic heterocycles. The number of primary sulfonamides is 1. The lowest BCUT2D eigenvalue weighted by Gasteiger charge is -2.20. The Morgan fingerprint density at radius 1 is 1.43 bits per heavy atom. The number of rotatable bonds is 6. The number of aliphatic hydroxyl groups excluding tert-OH is 1. The molecule has 2 unspecified atom stereocenters. The van der Waals surface area contributed by atoms with Gasteiger partial charge in [0, 0.05) is 18.1 Å². The Hall–Kier alpha value is -0.860. The number of nitrogens with zero attached hydrogens (tertiary/aromatic N) is 1. The van der Waals surface area contributed by atoms with E-state index in [4.69, 9.17) is 21.5 Å². The summed E-state index contributed by atoms with van der Waals surface area (Å²) in [5, 5.41) is 15.1. The van der Waals surface area contributed by atoms with Crippen molar-refractivity contribution in [1.29, 1.82) is 0 Å². The first-order chi connectivity index (χ1) is 9.84. The lowest BCUT2D eigenvalue weighted by molar-refractivity contribution is 0.0759. The van der Waals surface area contributed by atoms with Crippen LogP contribution in [0.2, 0.25) is 5.02 Å². The van der Waals surface area contributed by atoms with Crippen molar-refractivity contribution in [2.24, 2.45) is 5.14 Å². The van der Waals surface area contributed by atoms with E-state index in [2.05, 4.69) is 0 Å². The number of benzene rings is 1. The van der Waals surface area contributed by atoms with Gasteiger partial charge in [0.15, 0.2) is 0 Å². The summed E-state index contributed by atoms with van der Waals surface area (Å²) in [6.45, 7) is 1.47. The molecule has 1 heterocycles. The molecule has 1 aliphatic rings. The van der Waals surface area contributed by atoms with Crippen molar-refractivity contribution in [3.63, 3.8) is 0 Å². The van der Waals surface area contributed by atoms with Crippen LogP contribution in [-0.2, 0) is 10.0 Å². The molecule has 21 heavy (non-hydrogen) atoms. The van der Waals surface area contributed by atoms with E-state index in [1.54, 1.807) is 24.3 Å². The third-order valence-corrected chi connectivity index (χ3v) is 4.98. The topological polar surface area (TPSA) is 92.9 Å². The molecule has 0 aromatic heterocycles. The number of sulfonamides is 1. The Morgan fingerprint density at radius 2 is 2.10 bits per heavy atom. The third-order valence-electron chi connectivity index (χ3n) is 3.42. The van der Waals surface area contributed by atoms with Crippen LogP contribution in [-0.4, -0.2) is 56.0 Å². The Morgan fingerprint density at radius 3 is 2.67 bits per heavy atom. The molecule has 1 aromatic rings. The van der Waals surface area contributed by atoms with Crippen LogP contribution in [0.1, 0.15) is 6.42 Å². The monoisotopic (exact) mass is 334 g/mol.